The minimum atomic E-state index is -3.89. The number of hydrogen-bond donors (Lipinski definition) is 2. The molecule has 0 amide bonds. The number of Topliss-reactive ketones (excluding diaryl/α,β-unsaturated/α-hetero) is 2. The van der Waals surface area contributed by atoms with Crippen LogP contribution in [0.5, 0.6) is 0 Å². The van der Waals surface area contributed by atoms with Gasteiger partial charge in [-0.25, -0.2) is 13.2 Å². The van der Waals surface area contributed by atoms with Crippen molar-refractivity contribution in [2.45, 2.75) is 32.1 Å². The van der Waals surface area contributed by atoms with Gasteiger partial charge in [0.15, 0.2) is 5.78 Å². The fraction of sp³-hybridized carbons (Fsp3) is 0.211. The number of nitrogens with one attached hydrogen (secondary N) is 1. The molecule has 0 spiro atoms. The van der Waals surface area contributed by atoms with Gasteiger partial charge in [0, 0.05) is 11.3 Å². The molecule has 8 heteroatoms. The lowest BCUT2D eigenvalue weighted by molar-refractivity contribution is -0.148. The normalized spacial score (nSPS) is 11.1. The number of carboxylic acid groups (broad SMARTS) is 1. The first kappa shape index (κ1) is 20.3. The molecule has 2 rings (SSSR count). The van der Waals surface area contributed by atoms with Crippen molar-refractivity contribution in [1.82, 2.24) is 0 Å². The van der Waals surface area contributed by atoms with E-state index in [9.17, 15) is 22.8 Å². The van der Waals surface area contributed by atoms with Crippen LogP contribution < -0.4 is 4.72 Å². The number of rotatable bonds is 7. The van der Waals surface area contributed by atoms with Gasteiger partial charge in [0.25, 0.3) is 10.0 Å². The van der Waals surface area contributed by atoms with Crippen LogP contribution >= 0.6 is 0 Å². The van der Waals surface area contributed by atoms with Crippen LogP contribution in [0.4, 0.5) is 5.69 Å². The standard InChI is InChI=1S/C19H19NO6S/c1-11-7-12(2)18(13(3)8-11)27(25,26)20-15-6-4-5-14(9-15)16(21)10-17(22)19(23)24/h4-9,20H,10H2,1-3H3,(H,23,24). The molecule has 0 radical (unpaired) electrons. The van der Waals surface area contributed by atoms with Gasteiger partial charge in [0.2, 0.25) is 5.78 Å². The Morgan fingerprint density at radius 1 is 1.00 bits per heavy atom. The van der Waals surface area contributed by atoms with Gasteiger partial charge in [0.1, 0.15) is 0 Å². The summed E-state index contributed by atoms with van der Waals surface area (Å²) in [5.74, 6) is -3.62. The molecule has 2 N–H and O–H groups in total. The van der Waals surface area contributed by atoms with Crippen molar-refractivity contribution in [1.29, 1.82) is 0 Å². The van der Waals surface area contributed by atoms with E-state index in [1.807, 2.05) is 6.92 Å². The van der Waals surface area contributed by atoms with Crippen LogP contribution in [0.3, 0.4) is 0 Å². The number of aryl methyl sites for hydroxylation is 3. The van der Waals surface area contributed by atoms with Crippen molar-refractivity contribution < 1.29 is 27.9 Å². The van der Waals surface area contributed by atoms with Crippen LogP contribution in [0.15, 0.2) is 41.3 Å². The second-order valence-electron chi connectivity index (χ2n) is 6.24. The molecule has 0 aliphatic rings. The minimum absolute atomic E-state index is 0.0437. The summed E-state index contributed by atoms with van der Waals surface area (Å²) < 4.78 is 28.0. The van der Waals surface area contributed by atoms with Gasteiger partial charge in [0.05, 0.1) is 11.3 Å². The van der Waals surface area contributed by atoms with Crippen molar-refractivity contribution in [2.75, 3.05) is 4.72 Å². The van der Waals surface area contributed by atoms with E-state index in [0.29, 0.717) is 11.1 Å². The van der Waals surface area contributed by atoms with Crippen molar-refractivity contribution in [3.05, 3.63) is 58.7 Å². The number of carbonyl (C=O) groups is 3. The fourth-order valence-corrected chi connectivity index (χ4v) is 4.38. The van der Waals surface area contributed by atoms with E-state index in [1.165, 1.54) is 24.3 Å². The Morgan fingerprint density at radius 2 is 1.59 bits per heavy atom. The molecule has 0 saturated carbocycles. The number of hydrogen-bond acceptors (Lipinski definition) is 5. The van der Waals surface area contributed by atoms with Gasteiger partial charge in [-0.1, -0.05) is 29.8 Å². The summed E-state index contributed by atoms with van der Waals surface area (Å²) in [6, 6.07) is 9.10. The second kappa shape index (κ2) is 7.71. The van der Waals surface area contributed by atoms with E-state index in [2.05, 4.69) is 4.72 Å². The van der Waals surface area contributed by atoms with Gasteiger partial charge in [-0.2, -0.15) is 0 Å². The highest BCUT2D eigenvalue weighted by Gasteiger charge is 2.21. The van der Waals surface area contributed by atoms with E-state index in [0.717, 1.165) is 5.56 Å². The first-order valence-corrected chi connectivity index (χ1v) is 9.49. The van der Waals surface area contributed by atoms with E-state index >= 15 is 0 Å². The maximum absolute atomic E-state index is 12.8. The average Bonchev–Trinajstić information content (AvgIpc) is 2.52. The maximum atomic E-state index is 12.8. The summed E-state index contributed by atoms with van der Waals surface area (Å²) in [5, 5.41) is 8.59. The molecule has 0 bridgehead atoms. The molecule has 0 saturated heterocycles. The largest absolute Gasteiger partial charge is 0.475 e. The predicted octanol–water partition coefficient (Wildman–Crippen LogP) is 2.64. The third-order valence-corrected chi connectivity index (χ3v) is 5.56. The predicted molar refractivity (Wildman–Crippen MR) is 99.5 cm³/mol. The number of aliphatic carboxylic acids is 1. The fourth-order valence-electron chi connectivity index (χ4n) is 2.88. The third-order valence-electron chi connectivity index (χ3n) is 3.87. The maximum Gasteiger partial charge on any atom is 0.372 e. The Hall–Kier alpha value is -3.00. The molecule has 0 unspecified atom stereocenters. The first-order chi connectivity index (χ1) is 12.5. The molecule has 0 heterocycles. The van der Waals surface area contributed by atoms with Crippen LogP contribution in [0, 0.1) is 20.8 Å². The molecule has 2 aromatic carbocycles. The summed E-state index contributed by atoms with van der Waals surface area (Å²) in [6.07, 6.45) is -0.790. The minimum Gasteiger partial charge on any atom is -0.475 e. The number of ketones is 2. The molecule has 0 aliphatic heterocycles. The van der Waals surface area contributed by atoms with Crippen molar-refractivity contribution in [2.24, 2.45) is 0 Å². The SMILES string of the molecule is Cc1cc(C)c(S(=O)(=O)Nc2cccc(C(=O)CC(=O)C(=O)O)c2)c(C)c1. The molecule has 142 valence electrons. The Kier molecular flexibility index (Phi) is 5.80. The molecule has 7 nitrogen and oxygen atoms in total. The topological polar surface area (TPSA) is 118 Å². The Morgan fingerprint density at radius 3 is 2.15 bits per heavy atom. The summed E-state index contributed by atoms with van der Waals surface area (Å²) in [5.41, 5.74) is 2.32. The monoisotopic (exact) mass is 389 g/mol. The number of anilines is 1. The molecule has 0 aromatic heterocycles. The Labute approximate surface area is 157 Å². The Balaban J connectivity index is 2.32. The van der Waals surface area contributed by atoms with E-state index in [-0.39, 0.29) is 16.1 Å². The lowest BCUT2D eigenvalue weighted by Crippen LogP contribution is -2.18. The molecular formula is C19H19NO6S. The zero-order chi connectivity index (χ0) is 20.4. The zero-order valence-electron chi connectivity index (χ0n) is 15.1. The highest BCUT2D eigenvalue weighted by atomic mass is 32.2. The number of sulfonamides is 1. The van der Waals surface area contributed by atoms with Gasteiger partial charge in [-0.15, -0.1) is 0 Å². The molecule has 27 heavy (non-hydrogen) atoms. The van der Waals surface area contributed by atoms with Crippen molar-refractivity contribution in [3.8, 4) is 0 Å². The molecule has 0 fully saturated rings. The van der Waals surface area contributed by atoms with Gasteiger partial charge in [-0.05, 0) is 44.0 Å². The van der Waals surface area contributed by atoms with E-state index < -0.39 is 34.0 Å². The summed E-state index contributed by atoms with van der Waals surface area (Å²) in [7, 11) is -3.89. The van der Waals surface area contributed by atoms with Gasteiger partial charge < -0.3 is 5.11 Å². The zero-order valence-corrected chi connectivity index (χ0v) is 15.9. The van der Waals surface area contributed by atoms with Crippen LogP contribution in [0.1, 0.15) is 33.5 Å². The van der Waals surface area contributed by atoms with Gasteiger partial charge in [-0.3, -0.25) is 14.3 Å². The third kappa shape index (κ3) is 4.79. The molecule has 0 aliphatic carbocycles. The quantitative estimate of drug-likeness (QED) is 0.427. The number of carbonyl (C=O) groups excluding carboxylic acids is 2. The average molecular weight is 389 g/mol. The van der Waals surface area contributed by atoms with Crippen LogP contribution in [0.25, 0.3) is 0 Å². The highest BCUT2D eigenvalue weighted by molar-refractivity contribution is 7.92. The van der Waals surface area contributed by atoms with E-state index in [1.54, 1.807) is 26.0 Å². The summed E-state index contributed by atoms with van der Waals surface area (Å²) in [6.45, 7) is 5.27. The lowest BCUT2D eigenvalue weighted by Gasteiger charge is -2.14. The number of benzene rings is 2. The van der Waals surface area contributed by atoms with Crippen molar-refractivity contribution in [3.63, 3.8) is 0 Å². The summed E-state index contributed by atoms with van der Waals surface area (Å²) in [4.78, 5) is 34.0. The second-order valence-corrected chi connectivity index (χ2v) is 7.86. The molecular weight excluding hydrogens is 370 g/mol. The summed E-state index contributed by atoms with van der Waals surface area (Å²) >= 11 is 0. The van der Waals surface area contributed by atoms with Crippen LogP contribution in [-0.4, -0.2) is 31.1 Å². The highest BCUT2D eigenvalue weighted by Crippen LogP contribution is 2.25. The van der Waals surface area contributed by atoms with E-state index in [4.69, 9.17) is 5.11 Å². The Bertz CT molecular complexity index is 1020. The van der Waals surface area contributed by atoms with Crippen LogP contribution in [0.2, 0.25) is 0 Å². The van der Waals surface area contributed by atoms with Gasteiger partial charge >= 0.3 is 5.97 Å². The molecule has 0 atom stereocenters. The first-order valence-electron chi connectivity index (χ1n) is 8.01. The lowest BCUT2D eigenvalue weighted by atomic mass is 10.1. The van der Waals surface area contributed by atoms with Crippen molar-refractivity contribution >= 4 is 33.2 Å². The number of carboxylic acids is 1. The smallest absolute Gasteiger partial charge is 0.372 e. The van der Waals surface area contributed by atoms with Crippen LogP contribution in [-0.2, 0) is 19.6 Å². The molecule has 2 aromatic rings.